The molecular formula is C17H26N2O3S2. The van der Waals surface area contributed by atoms with Gasteiger partial charge in [-0.2, -0.15) is 11.8 Å². The first-order chi connectivity index (χ1) is 11.4. The highest BCUT2D eigenvalue weighted by atomic mass is 32.2. The van der Waals surface area contributed by atoms with E-state index in [9.17, 15) is 13.2 Å². The summed E-state index contributed by atoms with van der Waals surface area (Å²) in [5.41, 5.74) is 1.25. The molecule has 0 radical (unpaired) electrons. The van der Waals surface area contributed by atoms with Crippen molar-refractivity contribution in [3.05, 3.63) is 35.9 Å². The van der Waals surface area contributed by atoms with Crippen LogP contribution < -0.4 is 10.0 Å². The quantitative estimate of drug-likeness (QED) is 0.660. The van der Waals surface area contributed by atoms with Crippen LogP contribution in [0.15, 0.2) is 30.3 Å². The Morgan fingerprint density at radius 2 is 1.96 bits per heavy atom. The highest BCUT2D eigenvalue weighted by molar-refractivity contribution is 7.98. The molecule has 1 aliphatic rings. The highest BCUT2D eigenvalue weighted by Gasteiger charge is 2.44. The van der Waals surface area contributed by atoms with Gasteiger partial charge in [0.2, 0.25) is 15.9 Å². The minimum absolute atomic E-state index is 0.0185. The summed E-state index contributed by atoms with van der Waals surface area (Å²) < 4.78 is 26.1. The van der Waals surface area contributed by atoms with Crippen LogP contribution in [0, 0.1) is 0 Å². The van der Waals surface area contributed by atoms with Gasteiger partial charge in [-0.05, 0) is 43.8 Å². The van der Waals surface area contributed by atoms with E-state index < -0.39 is 16.1 Å². The lowest BCUT2D eigenvalue weighted by Crippen LogP contribution is -2.48. The number of sulfonamides is 1. The van der Waals surface area contributed by atoms with Crippen LogP contribution in [0.2, 0.25) is 0 Å². The fourth-order valence-electron chi connectivity index (χ4n) is 2.67. The van der Waals surface area contributed by atoms with Crippen LogP contribution in [0.4, 0.5) is 0 Å². The molecule has 0 bridgehead atoms. The summed E-state index contributed by atoms with van der Waals surface area (Å²) >= 11 is 1.60. The molecule has 5 nitrogen and oxygen atoms in total. The van der Waals surface area contributed by atoms with E-state index in [0.717, 1.165) is 18.6 Å². The Labute approximate surface area is 149 Å². The molecule has 2 rings (SSSR count). The SMILES string of the molecule is CCS(=O)(=O)NC(CCSC)C(=O)NCC1(c2ccccc2)CC1. The van der Waals surface area contributed by atoms with Crippen LogP contribution >= 0.6 is 11.8 Å². The van der Waals surface area contributed by atoms with Gasteiger partial charge in [-0.1, -0.05) is 30.3 Å². The molecule has 1 unspecified atom stereocenters. The summed E-state index contributed by atoms with van der Waals surface area (Å²) in [6.45, 7) is 2.12. The van der Waals surface area contributed by atoms with Crippen molar-refractivity contribution in [2.24, 2.45) is 0 Å². The Morgan fingerprint density at radius 3 is 2.50 bits per heavy atom. The van der Waals surface area contributed by atoms with Gasteiger partial charge < -0.3 is 5.32 Å². The number of benzene rings is 1. The van der Waals surface area contributed by atoms with E-state index in [0.29, 0.717) is 13.0 Å². The molecule has 1 atom stereocenters. The molecule has 134 valence electrons. The van der Waals surface area contributed by atoms with Crippen LogP contribution in [-0.4, -0.2) is 44.7 Å². The maximum atomic E-state index is 12.5. The second-order valence-electron chi connectivity index (χ2n) is 6.22. The van der Waals surface area contributed by atoms with Gasteiger partial charge in [-0.15, -0.1) is 0 Å². The first-order valence-corrected chi connectivity index (χ1v) is 11.3. The Morgan fingerprint density at radius 1 is 1.29 bits per heavy atom. The second-order valence-corrected chi connectivity index (χ2v) is 9.25. The third-order valence-electron chi connectivity index (χ3n) is 4.47. The van der Waals surface area contributed by atoms with Gasteiger partial charge in [-0.25, -0.2) is 13.1 Å². The van der Waals surface area contributed by atoms with Crippen LogP contribution in [0.5, 0.6) is 0 Å². The zero-order chi connectivity index (χ0) is 17.6. The number of carbonyl (C=O) groups excluding carboxylic acids is 1. The largest absolute Gasteiger partial charge is 0.354 e. The normalized spacial score (nSPS) is 17.2. The van der Waals surface area contributed by atoms with Crippen molar-refractivity contribution in [3.8, 4) is 0 Å². The molecule has 1 aliphatic carbocycles. The minimum atomic E-state index is -3.40. The van der Waals surface area contributed by atoms with Crippen molar-refractivity contribution >= 4 is 27.7 Å². The minimum Gasteiger partial charge on any atom is -0.354 e. The van der Waals surface area contributed by atoms with Crippen molar-refractivity contribution in [3.63, 3.8) is 0 Å². The fourth-order valence-corrected chi connectivity index (χ4v) is 3.97. The third kappa shape index (κ3) is 5.22. The summed E-state index contributed by atoms with van der Waals surface area (Å²) in [7, 11) is -3.40. The third-order valence-corrected chi connectivity index (χ3v) is 6.52. The lowest BCUT2D eigenvalue weighted by atomic mass is 9.96. The van der Waals surface area contributed by atoms with E-state index in [2.05, 4.69) is 22.2 Å². The van der Waals surface area contributed by atoms with Crippen molar-refractivity contribution in [2.45, 2.75) is 37.6 Å². The van der Waals surface area contributed by atoms with Crippen LogP contribution in [0.1, 0.15) is 31.7 Å². The monoisotopic (exact) mass is 370 g/mol. The molecule has 1 amide bonds. The molecule has 0 aromatic heterocycles. The van der Waals surface area contributed by atoms with Crippen molar-refractivity contribution < 1.29 is 13.2 Å². The summed E-state index contributed by atoms with van der Waals surface area (Å²) in [5.74, 6) is 0.473. The van der Waals surface area contributed by atoms with Gasteiger partial charge in [0.1, 0.15) is 6.04 Å². The molecule has 0 aliphatic heterocycles. The summed E-state index contributed by atoms with van der Waals surface area (Å²) in [6, 6.07) is 9.47. The van der Waals surface area contributed by atoms with E-state index in [-0.39, 0.29) is 17.1 Å². The molecule has 0 saturated heterocycles. The van der Waals surface area contributed by atoms with Gasteiger partial charge in [0.05, 0.1) is 5.75 Å². The zero-order valence-electron chi connectivity index (χ0n) is 14.2. The first-order valence-electron chi connectivity index (χ1n) is 8.24. The molecule has 0 heterocycles. The number of thioether (sulfide) groups is 1. The summed E-state index contributed by atoms with van der Waals surface area (Å²) in [6.07, 6.45) is 4.53. The van der Waals surface area contributed by atoms with Crippen LogP contribution in [0.25, 0.3) is 0 Å². The number of carbonyl (C=O) groups is 1. The zero-order valence-corrected chi connectivity index (χ0v) is 15.9. The second kappa shape index (κ2) is 8.36. The Hall–Kier alpha value is -1.05. The molecule has 1 aromatic carbocycles. The lowest BCUT2D eigenvalue weighted by molar-refractivity contribution is -0.122. The van der Waals surface area contributed by atoms with Gasteiger partial charge in [0.25, 0.3) is 0 Å². The van der Waals surface area contributed by atoms with Crippen molar-refractivity contribution in [1.82, 2.24) is 10.0 Å². The van der Waals surface area contributed by atoms with E-state index in [1.165, 1.54) is 5.56 Å². The first kappa shape index (κ1) is 19.3. The Kier molecular flexibility index (Phi) is 6.71. The molecule has 1 saturated carbocycles. The molecule has 1 aromatic rings. The number of nitrogens with one attached hydrogen (secondary N) is 2. The average Bonchev–Trinajstić information content (AvgIpc) is 3.38. The molecule has 1 fully saturated rings. The topological polar surface area (TPSA) is 75.3 Å². The van der Waals surface area contributed by atoms with Crippen LogP contribution in [-0.2, 0) is 20.2 Å². The predicted molar refractivity (Wildman–Crippen MR) is 99.7 cm³/mol. The molecular weight excluding hydrogens is 344 g/mol. The van der Waals surface area contributed by atoms with Crippen LogP contribution in [0.3, 0.4) is 0 Å². The van der Waals surface area contributed by atoms with Crippen molar-refractivity contribution in [1.29, 1.82) is 0 Å². The molecule has 0 spiro atoms. The average molecular weight is 371 g/mol. The predicted octanol–water partition coefficient (Wildman–Crippen LogP) is 1.90. The molecule has 7 heteroatoms. The van der Waals surface area contributed by atoms with Crippen molar-refractivity contribution in [2.75, 3.05) is 24.3 Å². The maximum Gasteiger partial charge on any atom is 0.238 e. The van der Waals surface area contributed by atoms with E-state index >= 15 is 0 Å². The van der Waals surface area contributed by atoms with E-state index in [1.54, 1.807) is 18.7 Å². The lowest BCUT2D eigenvalue weighted by Gasteiger charge is -2.21. The Bertz CT molecular complexity index is 643. The van der Waals surface area contributed by atoms with Gasteiger partial charge in [0.15, 0.2) is 0 Å². The highest BCUT2D eigenvalue weighted by Crippen LogP contribution is 2.47. The smallest absolute Gasteiger partial charge is 0.238 e. The standard InChI is InChI=1S/C17H26N2O3S2/c1-3-24(21,22)19-15(9-12-23-2)16(20)18-13-17(10-11-17)14-7-5-4-6-8-14/h4-8,15,19H,3,9-13H2,1-2H3,(H,18,20). The maximum absolute atomic E-state index is 12.5. The molecule has 24 heavy (non-hydrogen) atoms. The number of rotatable bonds is 10. The number of amides is 1. The Balaban J connectivity index is 1.97. The van der Waals surface area contributed by atoms with Gasteiger partial charge >= 0.3 is 0 Å². The van der Waals surface area contributed by atoms with Gasteiger partial charge in [0, 0.05) is 12.0 Å². The van der Waals surface area contributed by atoms with Gasteiger partial charge in [-0.3, -0.25) is 4.79 Å². The molecule has 2 N–H and O–H groups in total. The fraction of sp³-hybridized carbons (Fsp3) is 0.588. The number of hydrogen-bond donors (Lipinski definition) is 2. The number of hydrogen-bond acceptors (Lipinski definition) is 4. The summed E-state index contributed by atoms with van der Waals surface area (Å²) in [4.78, 5) is 12.5. The summed E-state index contributed by atoms with van der Waals surface area (Å²) in [5, 5.41) is 2.96. The van der Waals surface area contributed by atoms with E-state index in [1.807, 2.05) is 24.5 Å². The van der Waals surface area contributed by atoms with E-state index in [4.69, 9.17) is 0 Å².